The highest BCUT2D eigenvalue weighted by Gasteiger charge is 2.37. The van der Waals surface area contributed by atoms with E-state index in [9.17, 15) is 13.2 Å². The minimum atomic E-state index is -4.21. The number of aromatic nitrogens is 2. The predicted octanol–water partition coefficient (Wildman–Crippen LogP) is 3.68. The molecule has 86 valence electrons. The van der Waals surface area contributed by atoms with Crippen molar-refractivity contribution in [2.75, 3.05) is 12.0 Å². The second-order valence-electron chi connectivity index (χ2n) is 2.36. The second-order valence-corrected chi connectivity index (χ2v) is 6.76. The van der Waals surface area contributed by atoms with Crippen molar-refractivity contribution < 1.29 is 13.2 Å². The first-order valence-electron chi connectivity index (χ1n) is 3.64. The highest BCUT2D eigenvalue weighted by Crippen LogP contribution is 2.33. The van der Waals surface area contributed by atoms with E-state index in [4.69, 9.17) is 0 Å². The highest BCUT2D eigenvalue weighted by atomic mass is 79.9. The summed E-state index contributed by atoms with van der Waals surface area (Å²) >= 11 is 6.37. The Kier molecular flexibility index (Phi) is 5.20. The number of nitrogens with zero attached hydrogens (tertiary/aromatic N) is 2. The Balaban J connectivity index is 2.43. The Bertz CT molecular complexity index is 317. The topological polar surface area (TPSA) is 25.8 Å². The molecule has 1 heterocycles. The number of thioether (sulfide) groups is 2. The van der Waals surface area contributed by atoms with E-state index in [2.05, 4.69) is 26.1 Å². The van der Waals surface area contributed by atoms with Crippen LogP contribution >= 0.6 is 50.8 Å². The molecule has 1 unspecified atom stereocenters. The van der Waals surface area contributed by atoms with Crippen LogP contribution in [0.25, 0.3) is 0 Å². The van der Waals surface area contributed by atoms with E-state index in [0.717, 1.165) is 16.1 Å². The van der Waals surface area contributed by atoms with Crippen LogP contribution in [-0.2, 0) is 0 Å². The SMILES string of the molecule is CSc1nnc(SCC(Br)C(F)(F)F)s1. The molecule has 0 aliphatic heterocycles. The lowest BCUT2D eigenvalue weighted by atomic mass is 10.5. The van der Waals surface area contributed by atoms with Gasteiger partial charge in [-0.15, -0.1) is 10.2 Å². The first kappa shape index (κ1) is 13.6. The summed E-state index contributed by atoms with van der Waals surface area (Å²) in [6, 6.07) is 0. The van der Waals surface area contributed by atoms with Crippen molar-refractivity contribution in [3.8, 4) is 0 Å². The van der Waals surface area contributed by atoms with E-state index in [1.807, 2.05) is 6.26 Å². The van der Waals surface area contributed by atoms with E-state index in [-0.39, 0.29) is 5.75 Å². The van der Waals surface area contributed by atoms with Gasteiger partial charge < -0.3 is 0 Å². The van der Waals surface area contributed by atoms with E-state index >= 15 is 0 Å². The van der Waals surface area contributed by atoms with Gasteiger partial charge in [-0.05, 0) is 6.26 Å². The van der Waals surface area contributed by atoms with E-state index in [1.165, 1.54) is 23.1 Å². The molecule has 2 nitrogen and oxygen atoms in total. The Morgan fingerprint density at radius 3 is 2.47 bits per heavy atom. The molecule has 0 aliphatic carbocycles. The predicted molar refractivity (Wildman–Crippen MR) is 61.2 cm³/mol. The molecule has 1 rings (SSSR count). The molecule has 1 aromatic heterocycles. The van der Waals surface area contributed by atoms with Crippen molar-refractivity contribution in [2.24, 2.45) is 0 Å². The quantitative estimate of drug-likeness (QED) is 0.617. The molecular formula is C6H6BrF3N2S3. The van der Waals surface area contributed by atoms with Crippen LogP contribution in [-0.4, -0.2) is 33.2 Å². The Morgan fingerprint density at radius 2 is 2.00 bits per heavy atom. The molecule has 1 aromatic rings. The largest absolute Gasteiger partial charge is 0.402 e. The fourth-order valence-electron chi connectivity index (χ4n) is 0.577. The van der Waals surface area contributed by atoms with Gasteiger partial charge in [-0.1, -0.05) is 50.8 Å². The van der Waals surface area contributed by atoms with E-state index in [1.54, 1.807) is 0 Å². The summed E-state index contributed by atoms with van der Waals surface area (Å²) in [5.41, 5.74) is 0. The average Bonchev–Trinajstić information content (AvgIpc) is 2.60. The normalized spacial score (nSPS) is 14.2. The maximum absolute atomic E-state index is 12.1. The molecule has 1 atom stereocenters. The van der Waals surface area contributed by atoms with Crippen molar-refractivity contribution in [2.45, 2.75) is 19.7 Å². The molecule has 0 spiro atoms. The first-order chi connectivity index (χ1) is 6.93. The molecule has 0 bridgehead atoms. The zero-order chi connectivity index (χ0) is 11.5. The maximum atomic E-state index is 12.1. The zero-order valence-electron chi connectivity index (χ0n) is 7.42. The minimum absolute atomic E-state index is 0.0908. The van der Waals surface area contributed by atoms with Gasteiger partial charge in [-0.25, -0.2) is 0 Å². The summed E-state index contributed by atoms with van der Waals surface area (Å²) in [6.45, 7) is 0. The third-order valence-electron chi connectivity index (χ3n) is 1.27. The van der Waals surface area contributed by atoms with Crippen molar-refractivity contribution in [3.63, 3.8) is 0 Å². The highest BCUT2D eigenvalue weighted by molar-refractivity contribution is 9.09. The van der Waals surface area contributed by atoms with Gasteiger partial charge in [0.2, 0.25) is 0 Å². The molecule has 0 aliphatic rings. The van der Waals surface area contributed by atoms with Crippen molar-refractivity contribution in [1.29, 1.82) is 0 Å². The molecule has 0 saturated carbocycles. The van der Waals surface area contributed by atoms with Gasteiger partial charge in [0.1, 0.15) is 4.83 Å². The van der Waals surface area contributed by atoms with Crippen molar-refractivity contribution in [3.05, 3.63) is 0 Å². The fraction of sp³-hybridized carbons (Fsp3) is 0.667. The van der Waals surface area contributed by atoms with Crippen LogP contribution in [0.5, 0.6) is 0 Å². The third-order valence-corrected chi connectivity index (χ3v) is 5.67. The van der Waals surface area contributed by atoms with Gasteiger partial charge in [0.25, 0.3) is 0 Å². The molecule has 0 N–H and O–H groups in total. The lowest BCUT2D eigenvalue weighted by Crippen LogP contribution is -2.24. The van der Waals surface area contributed by atoms with Crippen LogP contribution in [0.2, 0.25) is 0 Å². The summed E-state index contributed by atoms with van der Waals surface area (Å²) in [5, 5.41) is 7.55. The van der Waals surface area contributed by atoms with Crippen LogP contribution in [0.3, 0.4) is 0 Å². The van der Waals surface area contributed by atoms with E-state index in [0.29, 0.717) is 4.34 Å². The van der Waals surface area contributed by atoms with E-state index < -0.39 is 11.0 Å². The number of rotatable bonds is 4. The Morgan fingerprint density at radius 1 is 1.40 bits per heavy atom. The Labute approximate surface area is 106 Å². The molecule has 15 heavy (non-hydrogen) atoms. The summed E-state index contributed by atoms with van der Waals surface area (Å²) in [4.78, 5) is -1.50. The summed E-state index contributed by atoms with van der Waals surface area (Å²) in [5.74, 6) is -0.0908. The van der Waals surface area contributed by atoms with Gasteiger partial charge in [0.15, 0.2) is 8.68 Å². The number of alkyl halides is 4. The fourth-order valence-corrected chi connectivity index (χ4v) is 3.39. The molecule has 0 aromatic carbocycles. The lowest BCUT2D eigenvalue weighted by molar-refractivity contribution is -0.122. The summed E-state index contributed by atoms with van der Waals surface area (Å²) in [7, 11) is 0. The molecule has 0 saturated heterocycles. The lowest BCUT2D eigenvalue weighted by Gasteiger charge is -2.11. The van der Waals surface area contributed by atoms with Crippen LogP contribution in [0, 0.1) is 0 Å². The summed E-state index contributed by atoms with van der Waals surface area (Å²) in [6.07, 6.45) is -2.36. The molecular weight excluding hydrogens is 333 g/mol. The smallest absolute Gasteiger partial charge is 0.170 e. The monoisotopic (exact) mass is 338 g/mol. The number of hydrogen-bond acceptors (Lipinski definition) is 5. The third kappa shape index (κ3) is 4.49. The second kappa shape index (κ2) is 5.74. The van der Waals surface area contributed by atoms with Gasteiger partial charge in [-0.2, -0.15) is 13.2 Å². The maximum Gasteiger partial charge on any atom is 0.402 e. The van der Waals surface area contributed by atoms with Gasteiger partial charge in [0.05, 0.1) is 0 Å². The molecule has 0 radical (unpaired) electrons. The molecule has 0 fully saturated rings. The number of halogens is 4. The number of hydrogen-bond donors (Lipinski definition) is 0. The van der Waals surface area contributed by atoms with Gasteiger partial charge in [0, 0.05) is 5.75 Å². The van der Waals surface area contributed by atoms with Gasteiger partial charge in [-0.3, -0.25) is 0 Å². The standard InChI is InChI=1S/C6H6BrF3N2S3/c1-13-4-11-12-5(15-4)14-2-3(7)6(8,9)10/h3H,2H2,1H3. The van der Waals surface area contributed by atoms with Crippen LogP contribution in [0.15, 0.2) is 8.68 Å². The van der Waals surface area contributed by atoms with Crippen LogP contribution in [0.1, 0.15) is 0 Å². The van der Waals surface area contributed by atoms with Crippen LogP contribution < -0.4 is 0 Å². The Hall–Kier alpha value is 0.530. The first-order valence-corrected chi connectivity index (χ1v) is 7.59. The molecule has 9 heteroatoms. The summed E-state index contributed by atoms with van der Waals surface area (Å²) < 4.78 is 37.7. The van der Waals surface area contributed by atoms with Crippen molar-refractivity contribution >= 4 is 50.8 Å². The average molecular weight is 339 g/mol. The van der Waals surface area contributed by atoms with Crippen molar-refractivity contribution in [1.82, 2.24) is 10.2 Å². The minimum Gasteiger partial charge on any atom is -0.170 e. The zero-order valence-corrected chi connectivity index (χ0v) is 11.5. The molecule has 0 amide bonds. The van der Waals surface area contributed by atoms with Gasteiger partial charge >= 0.3 is 6.18 Å². The van der Waals surface area contributed by atoms with Crippen LogP contribution in [0.4, 0.5) is 13.2 Å².